The first-order chi connectivity index (χ1) is 11.0. The molecular formula is C21H30O2. The topological polar surface area (TPSA) is 37.3 Å². The Morgan fingerprint density at radius 3 is 2.78 bits per heavy atom. The molecule has 1 N–H and O–H groups in total. The molecular weight excluding hydrogens is 284 g/mol. The summed E-state index contributed by atoms with van der Waals surface area (Å²) < 4.78 is 0. The summed E-state index contributed by atoms with van der Waals surface area (Å²) >= 11 is 0. The molecule has 0 bridgehead atoms. The number of aliphatic hydroxyl groups excluding tert-OH is 1. The van der Waals surface area contributed by atoms with E-state index in [0.29, 0.717) is 23.5 Å². The molecule has 2 nitrogen and oxygen atoms in total. The zero-order valence-corrected chi connectivity index (χ0v) is 14.8. The Morgan fingerprint density at radius 1 is 1.26 bits per heavy atom. The molecule has 0 heterocycles. The van der Waals surface area contributed by atoms with Crippen LogP contribution in [0.25, 0.3) is 0 Å². The molecule has 0 amide bonds. The van der Waals surface area contributed by atoms with Gasteiger partial charge in [0.1, 0.15) is 5.78 Å². The van der Waals surface area contributed by atoms with Gasteiger partial charge < -0.3 is 5.11 Å². The van der Waals surface area contributed by atoms with Crippen LogP contribution in [0.2, 0.25) is 0 Å². The van der Waals surface area contributed by atoms with Crippen molar-refractivity contribution in [1.82, 2.24) is 0 Å². The Morgan fingerprint density at radius 2 is 2.04 bits per heavy atom. The maximum absolute atomic E-state index is 11.9. The summed E-state index contributed by atoms with van der Waals surface area (Å²) in [6.45, 7) is 6.87. The molecule has 4 rings (SSSR count). The van der Waals surface area contributed by atoms with Gasteiger partial charge in [0.2, 0.25) is 0 Å². The second kappa shape index (κ2) is 5.31. The second-order valence-corrected chi connectivity index (χ2v) is 8.72. The molecule has 1 fully saturated rings. The van der Waals surface area contributed by atoms with Gasteiger partial charge in [-0.2, -0.15) is 0 Å². The van der Waals surface area contributed by atoms with Crippen LogP contribution < -0.4 is 0 Å². The second-order valence-electron chi connectivity index (χ2n) is 8.72. The molecule has 1 saturated carbocycles. The van der Waals surface area contributed by atoms with Crippen LogP contribution in [0, 0.1) is 23.2 Å². The normalized spacial score (nSPS) is 43.4. The largest absolute Gasteiger partial charge is 0.392 e. The first-order valence-corrected chi connectivity index (χ1v) is 9.56. The van der Waals surface area contributed by atoms with Crippen molar-refractivity contribution < 1.29 is 9.90 Å². The first kappa shape index (κ1) is 15.6. The lowest BCUT2D eigenvalue weighted by molar-refractivity contribution is -0.119. The number of hydrogen-bond acceptors (Lipinski definition) is 2. The summed E-state index contributed by atoms with van der Waals surface area (Å²) in [4.78, 5) is 11.9. The summed E-state index contributed by atoms with van der Waals surface area (Å²) in [5.74, 6) is 2.40. The Hall–Kier alpha value is -0.890. The average Bonchev–Trinajstić information content (AvgIpc) is 2.75. The minimum Gasteiger partial charge on any atom is -0.392 e. The van der Waals surface area contributed by atoms with Crippen molar-refractivity contribution >= 4 is 5.78 Å². The minimum atomic E-state index is -0.181. The Labute approximate surface area is 140 Å². The van der Waals surface area contributed by atoms with Crippen LogP contribution in [0.4, 0.5) is 0 Å². The van der Waals surface area contributed by atoms with Crippen molar-refractivity contribution in [1.29, 1.82) is 0 Å². The van der Waals surface area contributed by atoms with Crippen molar-refractivity contribution in [3.63, 3.8) is 0 Å². The molecule has 2 heteroatoms. The van der Waals surface area contributed by atoms with Crippen molar-refractivity contribution in [2.45, 2.75) is 78.2 Å². The van der Waals surface area contributed by atoms with Gasteiger partial charge in [0.05, 0.1) is 6.10 Å². The lowest BCUT2D eigenvalue weighted by atomic mass is 9.53. The fourth-order valence-corrected chi connectivity index (χ4v) is 6.43. The summed E-state index contributed by atoms with van der Waals surface area (Å²) in [6.07, 6.45) is 7.83. The van der Waals surface area contributed by atoms with Crippen LogP contribution >= 0.6 is 0 Å². The summed E-state index contributed by atoms with van der Waals surface area (Å²) in [7, 11) is 0. The molecule has 4 aliphatic carbocycles. The van der Waals surface area contributed by atoms with E-state index in [9.17, 15) is 9.90 Å². The van der Waals surface area contributed by atoms with E-state index in [0.717, 1.165) is 38.5 Å². The predicted molar refractivity (Wildman–Crippen MR) is 91.9 cm³/mol. The quantitative estimate of drug-likeness (QED) is 0.719. The van der Waals surface area contributed by atoms with Crippen LogP contribution in [0.3, 0.4) is 0 Å². The van der Waals surface area contributed by atoms with E-state index in [2.05, 4.69) is 20.8 Å². The molecule has 0 aliphatic heterocycles. The number of rotatable bonds is 1. The smallest absolute Gasteiger partial charge is 0.137 e. The highest BCUT2D eigenvalue weighted by Crippen LogP contribution is 2.62. The van der Waals surface area contributed by atoms with Gasteiger partial charge in [-0.05, 0) is 56.8 Å². The standard InChI is InChI=1S/C21H30O2/c1-4-13-10-14-11-15(22)5-6-16(14)17-7-8-21(3)18(23)9-12(2)20(21)19(13)17/h13,17-19,23H,4-11H2,1-3H3/t13-,17-,18+,19-,21-/m1/s1. The molecule has 0 aromatic heterocycles. The highest BCUT2D eigenvalue weighted by atomic mass is 16.3. The van der Waals surface area contributed by atoms with Gasteiger partial charge in [-0.3, -0.25) is 4.79 Å². The number of Topliss-reactive ketones (excluding diaryl/α,β-unsaturated/α-hetero) is 1. The Balaban J connectivity index is 1.79. The zero-order chi connectivity index (χ0) is 16.4. The van der Waals surface area contributed by atoms with Gasteiger partial charge in [-0.1, -0.05) is 42.6 Å². The maximum atomic E-state index is 11.9. The molecule has 0 radical (unpaired) electrons. The van der Waals surface area contributed by atoms with E-state index >= 15 is 0 Å². The van der Waals surface area contributed by atoms with Crippen molar-refractivity contribution in [2.24, 2.45) is 23.2 Å². The van der Waals surface area contributed by atoms with Crippen LogP contribution in [0.15, 0.2) is 22.3 Å². The van der Waals surface area contributed by atoms with Gasteiger partial charge in [-0.15, -0.1) is 0 Å². The summed E-state index contributed by atoms with van der Waals surface area (Å²) in [5.41, 5.74) is 6.22. The molecule has 0 aromatic rings. The van der Waals surface area contributed by atoms with E-state index < -0.39 is 0 Å². The molecule has 5 atom stereocenters. The lowest BCUT2D eigenvalue weighted by Crippen LogP contribution is -2.44. The molecule has 0 saturated heterocycles. The monoisotopic (exact) mass is 314 g/mol. The molecule has 0 spiro atoms. The SMILES string of the molecule is CC[C@@H]1CC2=C(CCC(=O)C2)[C@H]2CC[C@@]3(C)C(=C(C)C[C@@H]3O)[C@H]12. The van der Waals surface area contributed by atoms with Crippen LogP contribution in [-0.4, -0.2) is 17.0 Å². The number of ketones is 1. The van der Waals surface area contributed by atoms with Gasteiger partial charge in [0.15, 0.2) is 0 Å². The van der Waals surface area contributed by atoms with Gasteiger partial charge in [0.25, 0.3) is 0 Å². The molecule has 126 valence electrons. The number of hydrogen-bond donors (Lipinski definition) is 1. The fourth-order valence-electron chi connectivity index (χ4n) is 6.43. The van der Waals surface area contributed by atoms with E-state index in [1.54, 1.807) is 11.1 Å². The van der Waals surface area contributed by atoms with E-state index in [1.165, 1.54) is 24.0 Å². The van der Waals surface area contributed by atoms with Crippen LogP contribution in [-0.2, 0) is 4.79 Å². The number of fused-ring (bicyclic) bond motifs is 4. The highest BCUT2D eigenvalue weighted by Gasteiger charge is 2.54. The molecule has 0 aromatic carbocycles. The van der Waals surface area contributed by atoms with Crippen molar-refractivity contribution in [3.8, 4) is 0 Å². The highest BCUT2D eigenvalue weighted by molar-refractivity contribution is 5.83. The van der Waals surface area contributed by atoms with Gasteiger partial charge in [-0.25, -0.2) is 0 Å². The van der Waals surface area contributed by atoms with Crippen molar-refractivity contribution in [2.75, 3.05) is 0 Å². The van der Waals surface area contributed by atoms with Crippen LogP contribution in [0.1, 0.15) is 72.1 Å². The Bertz CT molecular complexity index is 611. The Kier molecular flexibility index (Phi) is 3.61. The van der Waals surface area contributed by atoms with E-state index in [-0.39, 0.29) is 11.5 Å². The third-order valence-electron chi connectivity index (χ3n) is 7.58. The number of carbonyl (C=O) groups is 1. The molecule has 0 unspecified atom stereocenters. The number of allylic oxidation sites excluding steroid dienone is 2. The van der Waals surface area contributed by atoms with E-state index in [4.69, 9.17) is 0 Å². The number of aliphatic hydroxyl groups is 1. The van der Waals surface area contributed by atoms with Crippen LogP contribution in [0.5, 0.6) is 0 Å². The molecule has 23 heavy (non-hydrogen) atoms. The third-order valence-corrected chi connectivity index (χ3v) is 7.58. The van der Waals surface area contributed by atoms with Gasteiger partial charge >= 0.3 is 0 Å². The maximum Gasteiger partial charge on any atom is 0.137 e. The fraction of sp³-hybridized carbons (Fsp3) is 0.762. The lowest BCUT2D eigenvalue weighted by Gasteiger charge is -2.52. The van der Waals surface area contributed by atoms with E-state index in [1.807, 2.05) is 0 Å². The minimum absolute atomic E-state index is 0.0151. The summed E-state index contributed by atoms with van der Waals surface area (Å²) in [6, 6.07) is 0. The first-order valence-electron chi connectivity index (χ1n) is 9.56. The summed E-state index contributed by atoms with van der Waals surface area (Å²) in [5, 5.41) is 10.7. The number of carbonyl (C=O) groups excluding carboxylic acids is 1. The molecule has 4 aliphatic rings. The zero-order valence-electron chi connectivity index (χ0n) is 14.8. The van der Waals surface area contributed by atoms with Gasteiger partial charge in [0, 0.05) is 18.3 Å². The third kappa shape index (κ3) is 2.13. The predicted octanol–water partition coefficient (Wildman–Crippen LogP) is 4.58. The van der Waals surface area contributed by atoms with Crippen molar-refractivity contribution in [3.05, 3.63) is 22.3 Å². The average molecular weight is 314 g/mol.